The van der Waals surface area contributed by atoms with Crippen LogP contribution in [0.1, 0.15) is 18.9 Å². The van der Waals surface area contributed by atoms with Crippen molar-refractivity contribution >= 4 is 23.5 Å². The van der Waals surface area contributed by atoms with Gasteiger partial charge in [0.1, 0.15) is 0 Å². The number of nitrogens with one attached hydrogen (secondary N) is 2. The number of nitrogens with zero attached hydrogens (tertiary/aromatic N) is 3. The van der Waals surface area contributed by atoms with Crippen LogP contribution in [-0.4, -0.2) is 56.4 Å². The lowest BCUT2D eigenvalue weighted by Crippen LogP contribution is -2.43. The number of imide groups is 1. The Balaban J connectivity index is 1.31. The van der Waals surface area contributed by atoms with Gasteiger partial charge in [-0.15, -0.1) is 0 Å². The van der Waals surface area contributed by atoms with Gasteiger partial charge in [0.15, 0.2) is 5.96 Å². The van der Waals surface area contributed by atoms with Gasteiger partial charge in [0.05, 0.1) is 18.4 Å². The summed E-state index contributed by atoms with van der Waals surface area (Å²) in [6.45, 7) is 4.19. The third-order valence-corrected chi connectivity index (χ3v) is 6.41. The normalized spacial score (nSPS) is 27.0. The molecular weight excluding hydrogens is 378 g/mol. The largest absolute Gasteiger partial charge is 0.378 e. The molecule has 2 N–H and O–H groups in total. The Labute approximate surface area is 178 Å². The Hall–Kier alpha value is -2.83. The number of carbonyl (C=O) groups is 2. The number of aliphatic imine (C=N–C) groups is 1. The Morgan fingerprint density at radius 3 is 2.27 bits per heavy atom. The van der Waals surface area contributed by atoms with E-state index in [2.05, 4.69) is 56.9 Å². The molecule has 2 fully saturated rings. The highest BCUT2D eigenvalue weighted by Crippen LogP contribution is 2.52. The van der Waals surface area contributed by atoms with Crippen molar-refractivity contribution in [3.8, 4) is 0 Å². The number of allylic oxidation sites excluding steroid dienone is 2. The van der Waals surface area contributed by atoms with E-state index in [1.807, 2.05) is 21.0 Å². The number of amides is 2. The summed E-state index contributed by atoms with van der Waals surface area (Å²) in [6, 6.07) is 8.30. The number of rotatable bonds is 7. The van der Waals surface area contributed by atoms with Crippen LogP contribution in [0.15, 0.2) is 41.4 Å². The number of hydrogen-bond donors (Lipinski definition) is 2. The van der Waals surface area contributed by atoms with E-state index in [-0.39, 0.29) is 35.5 Å². The fourth-order valence-electron chi connectivity index (χ4n) is 4.88. The lowest BCUT2D eigenvalue weighted by atomic mass is 9.85. The van der Waals surface area contributed by atoms with Crippen LogP contribution in [-0.2, 0) is 16.1 Å². The van der Waals surface area contributed by atoms with Crippen molar-refractivity contribution < 1.29 is 9.59 Å². The molecule has 1 aromatic rings. The molecule has 7 nitrogen and oxygen atoms in total. The summed E-state index contributed by atoms with van der Waals surface area (Å²) < 4.78 is 0. The summed E-state index contributed by atoms with van der Waals surface area (Å²) in [6.07, 6.45) is 5.21. The Morgan fingerprint density at radius 1 is 1.07 bits per heavy atom. The van der Waals surface area contributed by atoms with Crippen LogP contribution < -0.4 is 15.5 Å². The van der Waals surface area contributed by atoms with Gasteiger partial charge in [-0.25, -0.2) is 4.99 Å². The zero-order valence-electron chi connectivity index (χ0n) is 18.0. The van der Waals surface area contributed by atoms with Crippen molar-refractivity contribution in [3.05, 3.63) is 42.0 Å². The number of guanidine groups is 1. The van der Waals surface area contributed by atoms with Gasteiger partial charge < -0.3 is 15.5 Å². The summed E-state index contributed by atoms with van der Waals surface area (Å²) in [7, 11) is 4.04. The van der Waals surface area contributed by atoms with Crippen molar-refractivity contribution in [1.29, 1.82) is 0 Å². The van der Waals surface area contributed by atoms with Crippen molar-refractivity contribution in [2.45, 2.75) is 19.9 Å². The number of likely N-dealkylation sites (tertiary alicyclic amines) is 1. The highest BCUT2D eigenvalue weighted by Gasteiger charge is 2.58. The van der Waals surface area contributed by atoms with E-state index >= 15 is 0 Å². The van der Waals surface area contributed by atoms with Crippen LogP contribution in [0.4, 0.5) is 5.69 Å². The number of carbonyl (C=O) groups excluding carboxylic acids is 2. The fraction of sp³-hybridized carbons (Fsp3) is 0.522. The van der Waals surface area contributed by atoms with Gasteiger partial charge in [-0.2, -0.15) is 0 Å². The average Bonchev–Trinajstić information content (AvgIpc) is 3.42. The van der Waals surface area contributed by atoms with Crippen LogP contribution in [0.3, 0.4) is 0 Å². The molecule has 1 saturated heterocycles. The molecule has 0 spiro atoms. The number of anilines is 1. The molecule has 2 aliphatic carbocycles. The Kier molecular flexibility index (Phi) is 5.79. The quantitative estimate of drug-likeness (QED) is 0.310. The van der Waals surface area contributed by atoms with E-state index in [1.54, 1.807) is 0 Å². The monoisotopic (exact) mass is 409 g/mol. The van der Waals surface area contributed by atoms with Crippen LogP contribution in [0.5, 0.6) is 0 Å². The predicted molar refractivity (Wildman–Crippen MR) is 118 cm³/mol. The highest BCUT2D eigenvalue weighted by molar-refractivity contribution is 6.06. The predicted octanol–water partition coefficient (Wildman–Crippen LogP) is 1.61. The molecule has 3 aliphatic rings. The topological polar surface area (TPSA) is 77.0 Å². The van der Waals surface area contributed by atoms with Gasteiger partial charge >= 0.3 is 0 Å². The molecule has 160 valence electrons. The molecule has 4 atom stereocenters. The lowest BCUT2D eigenvalue weighted by molar-refractivity contribution is -0.140. The maximum atomic E-state index is 12.8. The molecule has 2 bridgehead atoms. The number of benzene rings is 1. The third kappa shape index (κ3) is 3.80. The van der Waals surface area contributed by atoms with E-state index in [0.717, 1.165) is 24.2 Å². The molecule has 1 saturated carbocycles. The van der Waals surface area contributed by atoms with Crippen LogP contribution in [0.2, 0.25) is 0 Å². The van der Waals surface area contributed by atoms with Gasteiger partial charge in [-0.3, -0.25) is 14.5 Å². The summed E-state index contributed by atoms with van der Waals surface area (Å²) in [4.78, 5) is 33.7. The minimum Gasteiger partial charge on any atom is -0.378 e. The second kappa shape index (κ2) is 8.50. The number of fused-ring (bicyclic) bond motifs is 5. The van der Waals surface area contributed by atoms with E-state index in [9.17, 15) is 9.59 Å². The van der Waals surface area contributed by atoms with Gasteiger partial charge in [0.2, 0.25) is 11.8 Å². The van der Waals surface area contributed by atoms with Gasteiger partial charge in [0, 0.05) is 39.4 Å². The maximum absolute atomic E-state index is 12.8. The van der Waals surface area contributed by atoms with E-state index in [4.69, 9.17) is 0 Å². The average molecular weight is 410 g/mol. The second-order valence-electron chi connectivity index (χ2n) is 8.51. The summed E-state index contributed by atoms with van der Waals surface area (Å²) in [5.74, 6) is 0.965. The summed E-state index contributed by atoms with van der Waals surface area (Å²) >= 11 is 0. The molecule has 30 heavy (non-hydrogen) atoms. The van der Waals surface area contributed by atoms with Crippen molar-refractivity contribution in [2.24, 2.45) is 28.7 Å². The minimum absolute atomic E-state index is 0.00608. The standard InChI is InChI=1S/C23H31N5O2/c1-4-24-23(26-14-15-5-9-18(10-6-15)27(2)3)25-11-12-28-21(29)19-16-7-8-17(13-16)20(19)22(28)30/h5-10,16-17,19-20H,4,11-14H2,1-3H3,(H2,24,25,26). The molecular formula is C23H31N5O2. The fourth-order valence-corrected chi connectivity index (χ4v) is 4.88. The molecule has 1 aromatic carbocycles. The van der Waals surface area contributed by atoms with Crippen molar-refractivity contribution in [2.75, 3.05) is 38.6 Å². The first-order valence-corrected chi connectivity index (χ1v) is 10.8. The Morgan fingerprint density at radius 2 is 1.70 bits per heavy atom. The molecule has 1 heterocycles. The molecule has 0 aromatic heterocycles. The van der Waals surface area contributed by atoms with Gasteiger partial charge in [-0.1, -0.05) is 24.3 Å². The van der Waals surface area contributed by atoms with Crippen LogP contribution in [0.25, 0.3) is 0 Å². The smallest absolute Gasteiger partial charge is 0.233 e. The first kappa shape index (κ1) is 20.4. The third-order valence-electron chi connectivity index (χ3n) is 6.41. The molecule has 0 radical (unpaired) electrons. The van der Waals surface area contributed by atoms with Gasteiger partial charge in [0.25, 0.3) is 0 Å². The first-order chi connectivity index (χ1) is 14.5. The second-order valence-corrected chi connectivity index (χ2v) is 8.51. The molecule has 2 amide bonds. The summed E-state index contributed by atoms with van der Waals surface area (Å²) in [5.41, 5.74) is 2.28. The molecule has 7 heteroatoms. The van der Waals surface area contributed by atoms with Crippen molar-refractivity contribution in [3.63, 3.8) is 0 Å². The SMILES string of the molecule is CCNC(=NCc1ccc(N(C)C)cc1)NCCN1C(=O)C2C3C=CC(C3)C2C1=O. The maximum Gasteiger partial charge on any atom is 0.233 e. The summed E-state index contributed by atoms with van der Waals surface area (Å²) in [5, 5.41) is 6.49. The Bertz CT molecular complexity index is 831. The highest BCUT2D eigenvalue weighted by atomic mass is 16.2. The zero-order valence-corrected chi connectivity index (χ0v) is 18.0. The molecule has 4 rings (SSSR count). The lowest BCUT2D eigenvalue weighted by Gasteiger charge is -2.18. The van der Waals surface area contributed by atoms with Crippen LogP contribution >= 0.6 is 0 Å². The molecule has 1 aliphatic heterocycles. The van der Waals surface area contributed by atoms with Crippen molar-refractivity contribution in [1.82, 2.24) is 15.5 Å². The van der Waals surface area contributed by atoms with Crippen LogP contribution in [0, 0.1) is 23.7 Å². The number of hydrogen-bond acceptors (Lipinski definition) is 4. The van der Waals surface area contributed by atoms with Gasteiger partial charge in [-0.05, 0) is 42.9 Å². The van der Waals surface area contributed by atoms with E-state index in [0.29, 0.717) is 25.6 Å². The minimum atomic E-state index is -0.125. The van der Waals surface area contributed by atoms with E-state index < -0.39 is 0 Å². The molecule has 4 unspecified atom stereocenters. The zero-order chi connectivity index (χ0) is 21.3. The van der Waals surface area contributed by atoms with E-state index in [1.165, 1.54) is 4.90 Å². The first-order valence-electron chi connectivity index (χ1n) is 10.8.